The molecule has 0 bridgehead atoms. The zero-order chi connectivity index (χ0) is 29.7. The number of ether oxygens (including phenoxy) is 2. The quantitative estimate of drug-likeness (QED) is 0.319. The van der Waals surface area contributed by atoms with Crippen molar-refractivity contribution in [2.75, 3.05) is 30.9 Å². The van der Waals surface area contributed by atoms with Crippen molar-refractivity contribution in [3.8, 4) is 11.5 Å². The summed E-state index contributed by atoms with van der Waals surface area (Å²) in [7, 11) is 1.46. The van der Waals surface area contributed by atoms with Gasteiger partial charge in [0.2, 0.25) is 5.91 Å². The first-order valence-electron chi connectivity index (χ1n) is 12.8. The van der Waals surface area contributed by atoms with E-state index in [1.807, 2.05) is 64.1 Å². The number of benzene rings is 3. The molecular formula is C31H31N3O6S. The monoisotopic (exact) mass is 573 g/mol. The number of nitrogens with one attached hydrogen (secondary N) is 2. The van der Waals surface area contributed by atoms with E-state index in [-0.39, 0.29) is 17.4 Å². The van der Waals surface area contributed by atoms with Crippen LogP contribution in [0.25, 0.3) is 6.08 Å². The van der Waals surface area contributed by atoms with E-state index >= 15 is 0 Å². The number of aryl methyl sites for hydroxylation is 4. The third-order valence-electron chi connectivity index (χ3n) is 6.38. The molecule has 9 nitrogen and oxygen atoms in total. The lowest BCUT2D eigenvalue weighted by atomic mass is 10.1. The van der Waals surface area contributed by atoms with Crippen LogP contribution in [-0.2, 0) is 14.4 Å². The minimum absolute atomic E-state index is 0.179. The number of imide groups is 1. The smallest absolute Gasteiger partial charge is 0.294 e. The Morgan fingerprint density at radius 1 is 0.878 bits per heavy atom. The molecule has 0 radical (unpaired) electrons. The van der Waals surface area contributed by atoms with Crippen LogP contribution in [0.1, 0.15) is 27.8 Å². The molecule has 41 heavy (non-hydrogen) atoms. The fourth-order valence-electron chi connectivity index (χ4n) is 4.42. The van der Waals surface area contributed by atoms with Crippen molar-refractivity contribution in [1.29, 1.82) is 0 Å². The Hall–Kier alpha value is -4.57. The predicted octanol–water partition coefficient (Wildman–Crippen LogP) is 5.62. The van der Waals surface area contributed by atoms with Gasteiger partial charge in [-0.3, -0.25) is 24.1 Å². The van der Waals surface area contributed by atoms with Gasteiger partial charge in [0.05, 0.1) is 12.0 Å². The van der Waals surface area contributed by atoms with Gasteiger partial charge in [-0.25, -0.2) is 0 Å². The Labute approximate surface area is 242 Å². The van der Waals surface area contributed by atoms with Crippen molar-refractivity contribution in [3.63, 3.8) is 0 Å². The maximum Gasteiger partial charge on any atom is 0.294 e. The van der Waals surface area contributed by atoms with Crippen LogP contribution < -0.4 is 20.1 Å². The van der Waals surface area contributed by atoms with Crippen LogP contribution in [-0.4, -0.2) is 48.1 Å². The minimum atomic E-state index is -0.556. The Kier molecular flexibility index (Phi) is 9.14. The lowest BCUT2D eigenvalue weighted by Gasteiger charge is -2.16. The van der Waals surface area contributed by atoms with Crippen molar-refractivity contribution in [1.82, 2.24) is 4.90 Å². The summed E-state index contributed by atoms with van der Waals surface area (Å²) in [6.07, 6.45) is 1.55. The van der Waals surface area contributed by atoms with Gasteiger partial charge in [-0.1, -0.05) is 42.0 Å². The number of carbonyl (C=O) groups is 4. The molecule has 0 spiro atoms. The first-order valence-corrected chi connectivity index (χ1v) is 13.7. The van der Waals surface area contributed by atoms with Crippen LogP contribution in [0.5, 0.6) is 11.5 Å². The van der Waals surface area contributed by atoms with Gasteiger partial charge in [-0.2, -0.15) is 0 Å². The number of carbonyl (C=O) groups excluding carboxylic acids is 4. The lowest BCUT2D eigenvalue weighted by molar-refractivity contribution is -0.127. The van der Waals surface area contributed by atoms with Gasteiger partial charge in [-0.05, 0) is 86.0 Å². The summed E-state index contributed by atoms with van der Waals surface area (Å²) in [5, 5.41) is 5.10. The summed E-state index contributed by atoms with van der Waals surface area (Å²) < 4.78 is 11.1. The van der Waals surface area contributed by atoms with Crippen molar-refractivity contribution < 1.29 is 28.7 Å². The van der Waals surface area contributed by atoms with Crippen molar-refractivity contribution in [3.05, 3.63) is 87.3 Å². The zero-order valence-electron chi connectivity index (χ0n) is 23.5. The molecule has 3 aromatic rings. The lowest BCUT2D eigenvalue weighted by Crippen LogP contribution is -2.36. The van der Waals surface area contributed by atoms with Crippen LogP contribution in [0.4, 0.5) is 16.2 Å². The number of nitrogens with zero attached hydrogens (tertiary/aromatic N) is 1. The summed E-state index contributed by atoms with van der Waals surface area (Å²) in [4.78, 5) is 51.8. The Bertz CT molecular complexity index is 1540. The first-order chi connectivity index (χ1) is 19.5. The number of methoxy groups -OCH3 is 1. The molecule has 0 unspecified atom stereocenters. The fraction of sp³-hybridized carbons (Fsp3) is 0.226. The second-order valence-corrected chi connectivity index (χ2v) is 10.6. The molecule has 1 heterocycles. The highest BCUT2D eigenvalue weighted by Gasteiger charge is 2.36. The highest BCUT2D eigenvalue weighted by Crippen LogP contribution is 2.34. The summed E-state index contributed by atoms with van der Waals surface area (Å²) in [6.45, 7) is 7.03. The molecule has 4 amide bonds. The van der Waals surface area contributed by atoms with Gasteiger partial charge < -0.3 is 20.1 Å². The molecular weight excluding hydrogens is 542 g/mol. The molecule has 1 saturated heterocycles. The van der Waals surface area contributed by atoms with Gasteiger partial charge in [-0.15, -0.1) is 0 Å². The molecule has 1 aliphatic rings. The second kappa shape index (κ2) is 12.7. The maximum atomic E-state index is 13.0. The molecule has 10 heteroatoms. The summed E-state index contributed by atoms with van der Waals surface area (Å²) in [5.74, 6) is -0.644. The van der Waals surface area contributed by atoms with Gasteiger partial charge in [0.25, 0.3) is 17.1 Å². The van der Waals surface area contributed by atoms with E-state index in [9.17, 15) is 19.2 Å². The highest BCUT2D eigenvalue weighted by atomic mass is 32.2. The number of para-hydroxylation sites is 1. The Balaban J connectivity index is 1.40. The van der Waals surface area contributed by atoms with Gasteiger partial charge in [0.1, 0.15) is 6.54 Å². The van der Waals surface area contributed by atoms with Crippen LogP contribution in [0.15, 0.2) is 59.5 Å². The average Bonchev–Trinajstić information content (AvgIpc) is 3.18. The average molecular weight is 574 g/mol. The van der Waals surface area contributed by atoms with E-state index in [0.717, 1.165) is 38.9 Å². The number of rotatable bonds is 9. The van der Waals surface area contributed by atoms with Gasteiger partial charge in [0, 0.05) is 11.4 Å². The molecule has 1 fully saturated rings. The van der Waals surface area contributed by atoms with E-state index in [1.54, 1.807) is 24.3 Å². The normalized spacial score (nSPS) is 13.9. The van der Waals surface area contributed by atoms with Crippen molar-refractivity contribution in [2.45, 2.75) is 27.7 Å². The highest BCUT2D eigenvalue weighted by molar-refractivity contribution is 8.18. The van der Waals surface area contributed by atoms with E-state index in [0.29, 0.717) is 28.4 Å². The van der Waals surface area contributed by atoms with Gasteiger partial charge in [0.15, 0.2) is 18.1 Å². The number of thioether (sulfide) groups is 1. The van der Waals surface area contributed by atoms with Gasteiger partial charge >= 0.3 is 0 Å². The van der Waals surface area contributed by atoms with E-state index in [1.165, 1.54) is 7.11 Å². The molecule has 1 aliphatic heterocycles. The third kappa shape index (κ3) is 7.15. The van der Waals surface area contributed by atoms with E-state index in [2.05, 4.69) is 10.6 Å². The summed E-state index contributed by atoms with van der Waals surface area (Å²) in [5.41, 5.74) is 5.77. The Morgan fingerprint density at radius 2 is 1.59 bits per heavy atom. The van der Waals surface area contributed by atoms with Crippen LogP contribution >= 0.6 is 11.8 Å². The van der Waals surface area contributed by atoms with Crippen LogP contribution in [0.2, 0.25) is 0 Å². The van der Waals surface area contributed by atoms with E-state index in [4.69, 9.17) is 9.47 Å². The Morgan fingerprint density at radius 3 is 2.27 bits per heavy atom. The number of hydrogen-bond donors (Lipinski definition) is 2. The molecule has 0 saturated carbocycles. The first kappa shape index (κ1) is 29.4. The number of amides is 4. The topological polar surface area (TPSA) is 114 Å². The van der Waals surface area contributed by atoms with E-state index < -0.39 is 23.6 Å². The standard InChI is InChI=1S/C31H31N3O6S/c1-18-12-20(3)29(21(4)13-18)33-27(35)16-34-30(37)26(41-31(34)38)15-22-10-11-24(25(14-22)39-5)40-17-28(36)32-23-9-7-6-8-19(23)2/h6-15H,16-17H2,1-5H3,(H,32,36)(H,33,35)/b26-15-. The van der Waals surface area contributed by atoms with Crippen LogP contribution in [0, 0.1) is 27.7 Å². The SMILES string of the molecule is COc1cc(/C=C2\SC(=O)N(CC(=O)Nc3c(C)cc(C)cc3C)C2=O)ccc1OCC(=O)Nc1ccccc1C. The van der Waals surface area contributed by atoms with Crippen molar-refractivity contribution in [2.24, 2.45) is 0 Å². The second-order valence-electron chi connectivity index (χ2n) is 9.65. The molecule has 0 aromatic heterocycles. The molecule has 0 aliphatic carbocycles. The molecule has 0 atom stereocenters. The van der Waals surface area contributed by atoms with Crippen LogP contribution in [0.3, 0.4) is 0 Å². The molecule has 3 aromatic carbocycles. The number of hydrogen-bond acceptors (Lipinski definition) is 7. The summed E-state index contributed by atoms with van der Waals surface area (Å²) >= 11 is 0.761. The number of anilines is 2. The fourth-order valence-corrected chi connectivity index (χ4v) is 5.26. The maximum absolute atomic E-state index is 13.0. The predicted molar refractivity (Wildman–Crippen MR) is 160 cm³/mol. The molecule has 212 valence electrons. The van der Waals surface area contributed by atoms with Crippen molar-refractivity contribution >= 4 is 52.2 Å². The minimum Gasteiger partial charge on any atom is -0.493 e. The molecule has 2 N–H and O–H groups in total. The largest absolute Gasteiger partial charge is 0.493 e. The summed E-state index contributed by atoms with van der Waals surface area (Å²) in [6, 6.07) is 16.3. The molecule has 4 rings (SSSR count). The zero-order valence-corrected chi connectivity index (χ0v) is 24.3. The third-order valence-corrected chi connectivity index (χ3v) is 7.29.